The third-order valence-corrected chi connectivity index (χ3v) is 2.29. The van der Waals surface area contributed by atoms with E-state index in [4.69, 9.17) is 10.5 Å². The second kappa shape index (κ2) is 3.69. The van der Waals surface area contributed by atoms with Crippen LogP contribution in [0.1, 0.15) is 0 Å². The van der Waals surface area contributed by atoms with Crippen LogP contribution >= 0.6 is 0 Å². The van der Waals surface area contributed by atoms with Gasteiger partial charge < -0.3 is 10.5 Å². The zero-order valence-electron chi connectivity index (χ0n) is 8.64. The van der Waals surface area contributed by atoms with Gasteiger partial charge in [0.1, 0.15) is 5.75 Å². The molecule has 16 heavy (non-hydrogen) atoms. The summed E-state index contributed by atoms with van der Waals surface area (Å²) >= 11 is 0. The molecule has 0 saturated heterocycles. The van der Waals surface area contributed by atoms with Crippen LogP contribution in [0.5, 0.6) is 5.75 Å². The summed E-state index contributed by atoms with van der Waals surface area (Å²) in [6, 6.07) is 4.81. The third kappa shape index (κ3) is 1.52. The number of benzene rings is 1. The molecule has 0 fully saturated rings. The lowest BCUT2D eigenvalue weighted by Crippen LogP contribution is -2.30. The lowest BCUT2D eigenvalue weighted by molar-refractivity contribution is -0.119. The van der Waals surface area contributed by atoms with Crippen molar-refractivity contribution in [3.8, 4) is 5.75 Å². The van der Waals surface area contributed by atoms with Crippen LogP contribution < -0.4 is 15.4 Å². The van der Waals surface area contributed by atoms with Crippen LogP contribution in [0.2, 0.25) is 0 Å². The Morgan fingerprint density at radius 3 is 2.38 bits per heavy atom. The molecular weight excluding hydrogens is 208 g/mol. The summed E-state index contributed by atoms with van der Waals surface area (Å²) in [5.74, 6) is -0.258. The van der Waals surface area contributed by atoms with Gasteiger partial charge in [-0.1, -0.05) is 0 Å². The van der Waals surface area contributed by atoms with Crippen LogP contribution in [-0.2, 0) is 9.59 Å². The molecule has 2 N–H and O–H groups in total. The first-order chi connectivity index (χ1) is 7.63. The van der Waals surface area contributed by atoms with Gasteiger partial charge in [-0.15, -0.1) is 0 Å². The Balaban J connectivity index is 2.47. The second-order valence-corrected chi connectivity index (χ2v) is 3.27. The number of nitrogen functional groups attached to an aromatic ring is 1. The van der Waals surface area contributed by atoms with E-state index in [9.17, 15) is 9.59 Å². The van der Waals surface area contributed by atoms with Gasteiger partial charge in [-0.2, -0.15) is 0 Å². The molecule has 0 bridgehead atoms. The first kappa shape index (κ1) is 10.2. The van der Waals surface area contributed by atoms with Crippen LogP contribution in [0, 0.1) is 0 Å². The summed E-state index contributed by atoms with van der Waals surface area (Å²) in [7, 11) is 1.50. The Kier molecular flexibility index (Phi) is 2.36. The zero-order valence-corrected chi connectivity index (χ0v) is 8.64. The first-order valence-corrected chi connectivity index (χ1v) is 4.63. The molecule has 0 radical (unpaired) electrons. The van der Waals surface area contributed by atoms with Gasteiger partial charge in [-0.25, -0.2) is 4.90 Å². The van der Waals surface area contributed by atoms with Gasteiger partial charge in [-0.3, -0.25) is 9.59 Å². The molecule has 1 heterocycles. The van der Waals surface area contributed by atoms with Crippen molar-refractivity contribution in [1.82, 2.24) is 0 Å². The largest absolute Gasteiger partial charge is 0.497 e. The van der Waals surface area contributed by atoms with Crippen molar-refractivity contribution < 1.29 is 14.3 Å². The van der Waals surface area contributed by atoms with Gasteiger partial charge >= 0.3 is 0 Å². The highest BCUT2D eigenvalue weighted by molar-refractivity contribution is 6.29. The van der Waals surface area contributed by atoms with Gasteiger partial charge in [0.2, 0.25) is 0 Å². The maximum atomic E-state index is 11.5. The molecule has 5 heteroatoms. The van der Waals surface area contributed by atoms with E-state index in [-0.39, 0.29) is 0 Å². The summed E-state index contributed by atoms with van der Waals surface area (Å²) in [6.45, 7) is 0. The molecule has 1 aliphatic heterocycles. The third-order valence-electron chi connectivity index (χ3n) is 2.29. The van der Waals surface area contributed by atoms with Gasteiger partial charge in [0.05, 0.1) is 18.5 Å². The predicted octanol–water partition coefficient (Wildman–Crippen LogP) is 0.707. The number of imide groups is 1. The minimum atomic E-state index is -0.398. The van der Waals surface area contributed by atoms with Crippen molar-refractivity contribution in [2.75, 3.05) is 17.7 Å². The topological polar surface area (TPSA) is 72.6 Å². The fourth-order valence-corrected chi connectivity index (χ4v) is 1.48. The highest BCUT2D eigenvalue weighted by Gasteiger charge is 2.26. The van der Waals surface area contributed by atoms with Crippen molar-refractivity contribution >= 4 is 23.2 Å². The Hall–Kier alpha value is -2.30. The van der Waals surface area contributed by atoms with Crippen molar-refractivity contribution in [2.24, 2.45) is 0 Å². The number of amides is 2. The standard InChI is InChI=1S/C11H10N2O3/c1-16-7-2-3-8(12)9(6-7)13-10(14)4-5-11(13)15/h2-6H,12H2,1H3. The number of rotatable bonds is 2. The molecule has 0 atom stereocenters. The molecule has 2 amide bonds. The van der Waals surface area contributed by atoms with Gasteiger partial charge in [-0.05, 0) is 12.1 Å². The Bertz CT molecular complexity index is 476. The molecule has 82 valence electrons. The van der Waals surface area contributed by atoms with Crippen molar-refractivity contribution in [3.05, 3.63) is 30.4 Å². The van der Waals surface area contributed by atoms with E-state index in [0.29, 0.717) is 17.1 Å². The first-order valence-electron chi connectivity index (χ1n) is 4.63. The van der Waals surface area contributed by atoms with Crippen LogP contribution in [0.15, 0.2) is 30.4 Å². The smallest absolute Gasteiger partial charge is 0.258 e. The average molecular weight is 218 g/mol. The Labute approximate surface area is 92.1 Å². The maximum absolute atomic E-state index is 11.5. The number of anilines is 2. The van der Waals surface area contributed by atoms with E-state index in [1.807, 2.05) is 0 Å². The van der Waals surface area contributed by atoms with Crippen LogP contribution in [0.25, 0.3) is 0 Å². The molecule has 5 nitrogen and oxygen atoms in total. The molecule has 1 aliphatic rings. The van der Waals surface area contributed by atoms with Crippen LogP contribution in [0.4, 0.5) is 11.4 Å². The van der Waals surface area contributed by atoms with Crippen molar-refractivity contribution in [1.29, 1.82) is 0 Å². The lowest BCUT2D eigenvalue weighted by atomic mass is 10.2. The second-order valence-electron chi connectivity index (χ2n) is 3.27. The SMILES string of the molecule is COc1ccc(N)c(N2C(=O)C=CC2=O)c1. The van der Waals surface area contributed by atoms with Gasteiger partial charge in [0.25, 0.3) is 11.8 Å². The minimum absolute atomic E-state index is 0.347. The number of carbonyl (C=O) groups excluding carboxylic acids is 2. The van der Waals surface area contributed by atoms with E-state index in [0.717, 1.165) is 4.90 Å². The van der Waals surface area contributed by atoms with Crippen LogP contribution in [0.3, 0.4) is 0 Å². The van der Waals surface area contributed by atoms with E-state index < -0.39 is 11.8 Å². The van der Waals surface area contributed by atoms with Gasteiger partial charge in [0, 0.05) is 18.2 Å². The van der Waals surface area contributed by atoms with E-state index >= 15 is 0 Å². The Morgan fingerprint density at radius 2 is 1.81 bits per heavy atom. The number of hydrogen-bond donors (Lipinski definition) is 1. The summed E-state index contributed by atoms with van der Waals surface area (Å²) in [5, 5.41) is 0. The number of ether oxygens (including phenoxy) is 1. The molecule has 0 aliphatic carbocycles. The van der Waals surface area contributed by atoms with Crippen LogP contribution in [-0.4, -0.2) is 18.9 Å². The summed E-state index contributed by atoms with van der Waals surface area (Å²) in [5.41, 5.74) is 6.42. The highest BCUT2D eigenvalue weighted by Crippen LogP contribution is 2.30. The summed E-state index contributed by atoms with van der Waals surface area (Å²) in [4.78, 5) is 23.9. The van der Waals surface area contributed by atoms with E-state index in [1.165, 1.54) is 19.3 Å². The lowest BCUT2D eigenvalue weighted by Gasteiger charge is -2.16. The van der Waals surface area contributed by atoms with E-state index in [2.05, 4.69) is 0 Å². The molecule has 2 rings (SSSR count). The monoisotopic (exact) mass is 218 g/mol. The predicted molar refractivity (Wildman–Crippen MR) is 59.0 cm³/mol. The zero-order chi connectivity index (χ0) is 11.7. The molecule has 0 aromatic heterocycles. The average Bonchev–Trinajstić information content (AvgIpc) is 2.60. The van der Waals surface area contributed by atoms with Gasteiger partial charge in [0.15, 0.2) is 0 Å². The fraction of sp³-hybridized carbons (Fsp3) is 0.0909. The molecule has 0 saturated carbocycles. The fourth-order valence-electron chi connectivity index (χ4n) is 1.48. The molecule has 1 aromatic rings. The summed E-state index contributed by atoms with van der Waals surface area (Å²) in [6.07, 6.45) is 2.42. The Morgan fingerprint density at radius 1 is 1.19 bits per heavy atom. The number of nitrogens with two attached hydrogens (primary N) is 1. The molecule has 0 spiro atoms. The normalized spacial score (nSPS) is 14.7. The maximum Gasteiger partial charge on any atom is 0.258 e. The quantitative estimate of drug-likeness (QED) is 0.586. The number of carbonyl (C=O) groups is 2. The summed E-state index contributed by atoms with van der Waals surface area (Å²) < 4.78 is 5.01. The molecule has 1 aromatic carbocycles. The molecule has 0 unspecified atom stereocenters. The number of hydrogen-bond acceptors (Lipinski definition) is 4. The van der Waals surface area contributed by atoms with E-state index in [1.54, 1.807) is 18.2 Å². The number of methoxy groups -OCH3 is 1. The number of nitrogens with zero attached hydrogens (tertiary/aromatic N) is 1. The van der Waals surface area contributed by atoms with Crippen molar-refractivity contribution in [3.63, 3.8) is 0 Å². The van der Waals surface area contributed by atoms with Crippen molar-refractivity contribution in [2.45, 2.75) is 0 Å². The molecular formula is C11H10N2O3. The highest BCUT2D eigenvalue weighted by atomic mass is 16.5. The minimum Gasteiger partial charge on any atom is -0.497 e.